The zero-order chi connectivity index (χ0) is 29.5. The molecule has 2 saturated heterocycles. The van der Waals surface area contributed by atoms with Crippen molar-refractivity contribution in [1.29, 1.82) is 0 Å². The van der Waals surface area contributed by atoms with Crippen LogP contribution in [0.5, 0.6) is 0 Å². The van der Waals surface area contributed by atoms with Crippen LogP contribution in [-0.4, -0.2) is 38.2 Å². The quantitative estimate of drug-likeness (QED) is 0.275. The fourth-order valence-electron chi connectivity index (χ4n) is 7.68. The molecule has 43 heavy (non-hydrogen) atoms. The van der Waals surface area contributed by atoms with Gasteiger partial charge in [-0.25, -0.2) is 14.8 Å². The Morgan fingerprint density at radius 3 is 2.49 bits per heavy atom. The number of aromatic nitrogens is 4. The molecule has 7 rings (SSSR count). The number of carbonyl (C=O) groups excluding carboxylic acids is 1. The summed E-state index contributed by atoms with van der Waals surface area (Å²) in [5, 5.41) is 6.58. The van der Waals surface area contributed by atoms with Crippen LogP contribution in [0.25, 0.3) is 11.2 Å². The van der Waals surface area contributed by atoms with Crippen LogP contribution in [0.1, 0.15) is 102 Å². The molecule has 4 atom stereocenters. The van der Waals surface area contributed by atoms with Crippen molar-refractivity contribution < 1.29 is 9.63 Å². The average Bonchev–Trinajstić information content (AvgIpc) is 3.57. The maximum absolute atomic E-state index is 11.9. The number of benzene rings is 1. The number of rotatable bonds is 8. The third kappa shape index (κ3) is 5.66. The molecule has 2 aromatic heterocycles. The summed E-state index contributed by atoms with van der Waals surface area (Å²) in [7, 11) is 0. The van der Waals surface area contributed by atoms with Gasteiger partial charge in [0.1, 0.15) is 5.52 Å². The first-order valence-electron chi connectivity index (χ1n) is 16.5. The lowest BCUT2D eigenvalue weighted by Crippen LogP contribution is -2.40. The molecule has 0 spiro atoms. The molecular weight excluding hydrogens is 540 g/mol. The molecule has 10 nitrogen and oxygen atoms in total. The molecule has 4 heterocycles. The number of piperidine rings is 1. The molecule has 2 aliphatic heterocycles. The minimum Gasteiger partial charge on any atom is -0.365 e. The third-order valence-electron chi connectivity index (χ3n) is 10.5. The van der Waals surface area contributed by atoms with Gasteiger partial charge in [-0.3, -0.25) is 5.32 Å². The van der Waals surface area contributed by atoms with Crippen molar-refractivity contribution in [3.63, 3.8) is 0 Å². The van der Waals surface area contributed by atoms with Crippen LogP contribution < -0.4 is 21.0 Å². The van der Waals surface area contributed by atoms with E-state index in [0.717, 1.165) is 42.7 Å². The molecule has 230 valence electrons. The standard InChI is InChI=1S/C33H46N8O2/c1-20-14-16-23(17-15-20)19-41-27-28(34-22(3)24-12-7-13-24)35-30(31-38-33(42)43-39-31)36-29(27)37-32(41)40-18-8-9-21(2)26(40)25-10-5-4-6-11-25/h4-6,10-11,20-24,26,31,39H,7-9,12-19H2,1-3H3,(H,38,42)(H,34,35,36)/t20?,21?,22-,23?,26?,31?/m1/s1. The van der Waals surface area contributed by atoms with Crippen LogP contribution in [-0.2, 0) is 11.4 Å². The molecule has 2 saturated carbocycles. The van der Waals surface area contributed by atoms with E-state index in [0.29, 0.717) is 29.2 Å². The van der Waals surface area contributed by atoms with E-state index < -0.39 is 12.3 Å². The van der Waals surface area contributed by atoms with Crippen molar-refractivity contribution in [3.05, 3.63) is 41.7 Å². The zero-order valence-electron chi connectivity index (χ0n) is 25.8. The number of nitrogens with zero attached hydrogens (tertiary/aromatic N) is 5. The molecule has 3 N–H and O–H groups in total. The summed E-state index contributed by atoms with van der Waals surface area (Å²) in [5.41, 5.74) is 5.71. The van der Waals surface area contributed by atoms with Gasteiger partial charge in [-0.2, -0.15) is 4.98 Å². The summed E-state index contributed by atoms with van der Waals surface area (Å²) < 4.78 is 2.45. The van der Waals surface area contributed by atoms with Crippen molar-refractivity contribution in [3.8, 4) is 0 Å². The Labute approximate surface area is 254 Å². The minimum absolute atomic E-state index is 0.235. The van der Waals surface area contributed by atoms with Gasteiger partial charge in [0.2, 0.25) is 5.95 Å². The molecule has 0 bridgehead atoms. The lowest BCUT2D eigenvalue weighted by atomic mass is 9.80. The summed E-state index contributed by atoms with van der Waals surface area (Å²) >= 11 is 0. The number of fused-ring (bicyclic) bond motifs is 1. The minimum atomic E-state index is -0.628. The second-order valence-electron chi connectivity index (χ2n) is 13.6. The highest BCUT2D eigenvalue weighted by Gasteiger charge is 2.36. The van der Waals surface area contributed by atoms with E-state index in [1.165, 1.54) is 56.9 Å². The van der Waals surface area contributed by atoms with Crippen molar-refractivity contribution in [1.82, 2.24) is 30.3 Å². The highest BCUT2D eigenvalue weighted by atomic mass is 16.7. The van der Waals surface area contributed by atoms with E-state index in [9.17, 15) is 4.79 Å². The Balaban J connectivity index is 1.37. The van der Waals surface area contributed by atoms with Gasteiger partial charge in [-0.15, -0.1) is 5.48 Å². The molecule has 4 aliphatic rings. The van der Waals surface area contributed by atoms with Crippen LogP contribution in [0, 0.1) is 23.7 Å². The SMILES string of the molecule is CC1CCC(Cn2c(N3CCCC(C)C3c3ccccc3)nc3nc(C4NOC(=O)N4)nc(N[C@H](C)C4CCC4)c32)CC1. The number of nitrogens with one attached hydrogen (secondary N) is 3. The lowest BCUT2D eigenvalue weighted by Gasteiger charge is -2.41. The molecule has 3 unspecified atom stereocenters. The number of amides is 1. The summed E-state index contributed by atoms with van der Waals surface area (Å²) in [5.74, 6) is 4.74. The summed E-state index contributed by atoms with van der Waals surface area (Å²) in [6.07, 6.45) is 9.93. The Morgan fingerprint density at radius 2 is 1.79 bits per heavy atom. The first kappa shape index (κ1) is 28.4. The van der Waals surface area contributed by atoms with Crippen LogP contribution in [0.15, 0.2) is 30.3 Å². The summed E-state index contributed by atoms with van der Waals surface area (Å²) in [4.78, 5) is 34.8. The predicted octanol–water partition coefficient (Wildman–Crippen LogP) is 6.47. The number of carbonyl (C=O) groups is 1. The van der Waals surface area contributed by atoms with E-state index in [1.807, 2.05) is 0 Å². The van der Waals surface area contributed by atoms with Crippen molar-refractivity contribution in [2.24, 2.45) is 23.7 Å². The van der Waals surface area contributed by atoms with Crippen molar-refractivity contribution in [2.75, 3.05) is 16.8 Å². The first-order chi connectivity index (χ1) is 20.9. The van der Waals surface area contributed by atoms with E-state index in [2.05, 4.69) is 76.7 Å². The summed E-state index contributed by atoms with van der Waals surface area (Å²) in [6, 6.07) is 11.4. The third-order valence-corrected chi connectivity index (χ3v) is 10.5. The van der Waals surface area contributed by atoms with Crippen LogP contribution in [0.4, 0.5) is 16.6 Å². The molecule has 10 heteroatoms. The first-order valence-corrected chi connectivity index (χ1v) is 16.5. The Kier molecular flexibility index (Phi) is 7.88. The van der Waals surface area contributed by atoms with Gasteiger partial charge in [0.05, 0.1) is 6.04 Å². The van der Waals surface area contributed by atoms with Crippen LogP contribution in [0.3, 0.4) is 0 Å². The van der Waals surface area contributed by atoms with Gasteiger partial charge in [-0.1, -0.05) is 63.4 Å². The second kappa shape index (κ2) is 11.9. The van der Waals surface area contributed by atoms with Gasteiger partial charge in [0.15, 0.2) is 23.5 Å². The van der Waals surface area contributed by atoms with Gasteiger partial charge >= 0.3 is 6.09 Å². The van der Waals surface area contributed by atoms with E-state index >= 15 is 0 Å². The Bertz CT molecular complexity index is 1430. The molecule has 1 amide bonds. The number of hydrogen-bond acceptors (Lipinski definition) is 8. The smallest absolute Gasteiger partial charge is 0.365 e. The Morgan fingerprint density at radius 1 is 1.00 bits per heavy atom. The Hall–Kier alpha value is -3.40. The zero-order valence-corrected chi connectivity index (χ0v) is 25.8. The van der Waals surface area contributed by atoms with Crippen molar-refractivity contribution in [2.45, 2.75) is 103 Å². The van der Waals surface area contributed by atoms with Gasteiger partial charge in [0.25, 0.3) is 0 Å². The monoisotopic (exact) mass is 586 g/mol. The van der Waals surface area contributed by atoms with E-state index in [-0.39, 0.29) is 12.1 Å². The maximum atomic E-state index is 11.9. The molecular formula is C33H46N8O2. The highest BCUT2D eigenvalue weighted by molar-refractivity contribution is 5.86. The highest BCUT2D eigenvalue weighted by Crippen LogP contribution is 2.42. The van der Waals surface area contributed by atoms with Crippen LogP contribution >= 0.6 is 0 Å². The van der Waals surface area contributed by atoms with Crippen molar-refractivity contribution >= 4 is 29.0 Å². The predicted molar refractivity (Wildman–Crippen MR) is 167 cm³/mol. The molecule has 3 aromatic rings. The van der Waals surface area contributed by atoms with E-state index in [1.54, 1.807) is 0 Å². The largest absolute Gasteiger partial charge is 0.427 e. The molecule has 0 radical (unpaired) electrons. The number of anilines is 2. The fraction of sp³-hybridized carbons (Fsp3) is 0.636. The summed E-state index contributed by atoms with van der Waals surface area (Å²) in [6.45, 7) is 8.87. The molecule has 2 aliphatic carbocycles. The second-order valence-corrected chi connectivity index (χ2v) is 13.6. The van der Waals surface area contributed by atoms with Gasteiger partial charge in [-0.05, 0) is 74.7 Å². The number of imidazole rings is 1. The maximum Gasteiger partial charge on any atom is 0.427 e. The molecule has 4 fully saturated rings. The van der Waals surface area contributed by atoms with Gasteiger partial charge < -0.3 is 19.6 Å². The van der Waals surface area contributed by atoms with E-state index in [4.69, 9.17) is 19.8 Å². The number of hydrogen-bond donors (Lipinski definition) is 3. The lowest BCUT2D eigenvalue weighted by molar-refractivity contribution is 0.120. The average molecular weight is 587 g/mol. The molecule has 1 aromatic carbocycles. The number of hydroxylamine groups is 1. The normalized spacial score (nSPS) is 28.8. The van der Waals surface area contributed by atoms with Gasteiger partial charge in [0, 0.05) is 19.1 Å². The van der Waals surface area contributed by atoms with Crippen LogP contribution in [0.2, 0.25) is 0 Å². The topological polar surface area (TPSA) is 109 Å². The fourth-order valence-corrected chi connectivity index (χ4v) is 7.68.